The van der Waals surface area contributed by atoms with E-state index in [1.54, 1.807) is 0 Å². The van der Waals surface area contributed by atoms with Gasteiger partial charge in [-0.05, 0) is 0 Å². The molecule has 0 heterocycles. The van der Waals surface area contributed by atoms with Crippen molar-refractivity contribution in [1.82, 2.24) is 0 Å². The maximum absolute atomic E-state index is 10.4. The summed E-state index contributed by atoms with van der Waals surface area (Å²) in [7, 11) is 0. The zero-order chi connectivity index (χ0) is 11.4. The first kappa shape index (κ1) is 14.1. The maximum atomic E-state index is 10.4. The zero-order valence-corrected chi connectivity index (χ0v) is 10.8. The summed E-state index contributed by atoms with van der Waals surface area (Å²) in [5.74, 6) is 0. The van der Waals surface area contributed by atoms with Gasteiger partial charge in [-0.1, -0.05) is 0 Å². The number of nitriles is 1. The predicted octanol–water partition coefficient (Wildman–Crippen LogP) is 3.26. The molecule has 0 aliphatic carbocycles. The van der Waals surface area contributed by atoms with E-state index in [1.807, 2.05) is 33.8 Å². The second kappa shape index (κ2) is 4.77. The molecule has 3 nitrogen and oxygen atoms in total. The summed E-state index contributed by atoms with van der Waals surface area (Å²) in [6, 6.07) is 1.96. The van der Waals surface area contributed by atoms with Gasteiger partial charge in [0.05, 0.1) is 0 Å². The summed E-state index contributed by atoms with van der Waals surface area (Å²) in [4.78, 5) is 10.4. The first-order chi connectivity index (χ1) is 6.24. The van der Waals surface area contributed by atoms with E-state index in [0.29, 0.717) is 0 Å². The van der Waals surface area contributed by atoms with Crippen molar-refractivity contribution in [3.05, 3.63) is 0 Å². The molecule has 84 valence electrons. The Morgan fingerprint density at radius 1 is 1.36 bits per heavy atom. The molecule has 0 radical (unpaired) electrons. The van der Waals surface area contributed by atoms with Gasteiger partial charge in [-0.25, -0.2) is 0 Å². The van der Waals surface area contributed by atoms with Crippen molar-refractivity contribution in [3.8, 4) is 6.07 Å². The van der Waals surface area contributed by atoms with Gasteiger partial charge in [-0.15, -0.1) is 0 Å². The van der Waals surface area contributed by atoms with Crippen LogP contribution in [0.15, 0.2) is 0 Å². The topological polar surface area (TPSA) is 53.2 Å². The predicted molar refractivity (Wildman–Crippen MR) is 61.4 cm³/mol. The number of hydrogen-bond donors (Lipinski definition) is 1. The van der Waals surface area contributed by atoms with Crippen molar-refractivity contribution in [2.75, 3.05) is 6.61 Å². The SMILES string of the molecule is CC(C)P(O)(Cl)(OCCC#N)C(C)C. The summed E-state index contributed by atoms with van der Waals surface area (Å²) in [6.07, 6.45) is -3.34. The molecule has 0 aromatic rings. The van der Waals surface area contributed by atoms with Crippen LogP contribution in [-0.4, -0.2) is 22.8 Å². The average Bonchev–Trinajstić information content (AvgIpc) is 2.04. The molecule has 0 aliphatic rings. The quantitative estimate of drug-likeness (QED) is 0.592. The minimum atomic E-state index is -3.59. The van der Waals surface area contributed by atoms with Crippen LogP contribution in [0.1, 0.15) is 34.1 Å². The summed E-state index contributed by atoms with van der Waals surface area (Å²) >= 11 is 6.25. The van der Waals surface area contributed by atoms with Crippen LogP contribution < -0.4 is 0 Å². The van der Waals surface area contributed by atoms with Crippen LogP contribution in [0.4, 0.5) is 0 Å². The number of halogens is 1. The molecule has 0 spiro atoms. The Hall–Kier alpha value is 0.130. The first-order valence-corrected chi connectivity index (χ1v) is 7.89. The van der Waals surface area contributed by atoms with Gasteiger partial charge in [0.2, 0.25) is 0 Å². The average molecular weight is 240 g/mol. The van der Waals surface area contributed by atoms with Crippen LogP contribution in [0.25, 0.3) is 0 Å². The number of rotatable bonds is 5. The van der Waals surface area contributed by atoms with Gasteiger partial charge in [-0.3, -0.25) is 0 Å². The molecule has 14 heavy (non-hydrogen) atoms. The Morgan fingerprint density at radius 3 is 2.07 bits per heavy atom. The number of nitrogens with zero attached hydrogens (tertiary/aromatic N) is 1. The van der Waals surface area contributed by atoms with E-state index in [2.05, 4.69) is 0 Å². The summed E-state index contributed by atoms with van der Waals surface area (Å²) < 4.78 is 5.41. The van der Waals surface area contributed by atoms with E-state index in [-0.39, 0.29) is 24.3 Å². The molecule has 0 aromatic heterocycles. The molecule has 0 aromatic carbocycles. The molecule has 0 bridgehead atoms. The van der Waals surface area contributed by atoms with Crippen molar-refractivity contribution in [3.63, 3.8) is 0 Å². The van der Waals surface area contributed by atoms with Gasteiger partial charge in [-0.2, -0.15) is 0 Å². The van der Waals surface area contributed by atoms with Crippen LogP contribution in [0, 0.1) is 11.3 Å². The molecule has 5 heteroatoms. The van der Waals surface area contributed by atoms with Crippen molar-refractivity contribution >= 4 is 17.7 Å². The van der Waals surface area contributed by atoms with Gasteiger partial charge < -0.3 is 0 Å². The molecule has 0 saturated heterocycles. The molecule has 0 rings (SSSR count). The molecule has 0 saturated carbocycles. The Bertz CT molecular complexity index is 223. The minimum absolute atomic E-state index is 0.124. The molecular formula is C9H19ClNO2P. The Labute approximate surface area is 90.9 Å². The van der Waals surface area contributed by atoms with Crippen LogP contribution in [0.5, 0.6) is 0 Å². The van der Waals surface area contributed by atoms with Crippen molar-refractivity contribution in [1.29, 1.82) is 5.26 Å². The van der Waals surface area contributed by atoms with Crippen LogP contribution in [0.2, 0.25) is 0 Å². The molecule has 0 amide bonds. The van der Waals surface area contributed by atoms with Crippen molar-refractivity contribution in [2.24, 2.45) is 0 Å². The molecule has 1 N–H and O–H groups in total. The Kier molecular flexibility index (Phi) is 4.81. The Balaban J connectivity index is 4.66. The fourth-order valence-electron chi connectivity index (χ4n) is 1.17. The van der Waals surface area contributed by atoms with E-state index in [1.165, 1.54) is 0 Å². The van der Waals surface area contributed by atoms with E-state index in [9.17, 15) is 4.89 Å². The third kappa shape index (κ3) is 2.81. The van der Waals surface area contributed by atoms with E-state index < -0.39 is 6.41 Å². The molecule has 0 atom stereocenters. The van der Waals surface area contributed by atoms with Crippen LogP contribution >= 0.6 is 17.7 Å². The zero-order valence-electron chi connectivity index (χ0n) is 9.20. The standard InChI is InChI=1S/C9H19ClNO2P/c1-8(2)14(10,12,9(3)4)13-7-5-6-11/h8-9,12H,5,7H2,1-4H3. The summed E-state index contributed by atoms with van der Waals surface area (Å²) in [5, 5.41) is 8.38. The van der Waals surface area contributed by atoms with E-state index >= 15 is 0 Å². The summed E-state index contributed by atoms with van der Waals surface area (Å²) in [6.45, 7) is 7.58. The van der Waals surface area contributed by atoms with Gasteiger partial charge in [0.15, 0.2) is 0 Å². The molecular weight excluding hydrogens is 221 g/mol. The monoisotopic (exact) mass is 239 g/mol. The second-order valence-corrected chi connectivity index (χ2v) is 10.3. The van der Waals surface area contributed by atoms with Gasteiger partial charge >= 0.3 is 90.4 Å². The first-order valence-electron chi connectivity index (χ1n) is 4.74. The normalized spacial score (nSPS) is 15.2. The van der Waals surface area contributed by atoms with Gasteiger partial charge in [0, 0.05) is 0 Å². The molecule has 0 fully saturated rings. The van der Waals surface area contributed by atoms with Crippen LogP contribution in [0.3, 0.4) is 0 Å². The van der Waals surface area contributed by atoms with Crippen molar-refractivity contribution in [2.45, 2.75) is 45.4 Å². The fraction of sp³-hybridized carbons (Fsp3) is 0.889. The third-order valence-electron chi connectivity index (χ3n) is 2.43. The Morgan fingerprint density at radius 2 is 1.79 bits per heavy atom. The van der Waals surface area contributed by atoms with Gasteiger partial charge in [0.1, 0.15) is 0 Å². The second-order valence-electron chi connectivity index (χ2n) is 3.94. The molecule has 0 aliphatic heterocycles. The van der Waals surface area contributed by atoms with Crippen molar-refractivity contribution < 1.29 is 9.42 Å². The van der Waals surface area contributed by atoms with Gasteiger partial charge in [0.25, 0.3) is 0 Å². The number of hydrogen-bond acceptors (Lipinski definition) is 3. The van der Waals surface area contributed by atoms with E-state index in [4.69, 9.17) is 21.0 Å². The van der Waals surface area contributed by atoms with E-state index in [0.717, 1.165) is 0 Å². The summed E-state index contributed by atoms with van der Waals surface area (Å²) in [5.41, 5.74) is -0.247. The van der Waals surface area contributed by atoms with Crippen LogP contribution in [-0.2, 0) is 4.52 Å². The molecule has 0 unspecified atom stereocenters. The fourth-order valence-corrected chi connectivity index (χ4v) is 3.62. The third-order valence-corrected chi connectivity index (χ3v) is 9.50.